The quantitative estimate of drug-likeness (QED) is 0.506. The third-order valence-corrected chi connectivity index (χ3v) is 7.27. The molecule has 0 aliphatic carbocycles. The van der Waals surface area contributed by atoms with Crippen molar-refractivity contribution in [3.63, 3.8) is 0 Å². The molecule has 0 saturated carbocycles. The van der Waals surface area contributed by atoms with Crippen LogP contribution in [0.5, 0.6) is 0 Å². The molecule has 0 spiro atoms. The molecule has 108 valence electrons. The Kier molecular flexibility index (Phi) is 3.60. The lowest BCUT2D eigenvalue weighted by Gasteiger charge is -2.26. The second-order valence-electron chi connectivity index (χ2n) is 6.01. The molecule has 0 bridgehead atoms. The van der Waals surface area contributed by atoms with Gasteiger partial charge in [-0.15, -0.1) is 0 Å². The Morgan fingerprint density at radius 1 is 0.810 bits per heavy atom. The summed E-state index contributed by atoms with van der Waals surface area (Å²) in [5.41, 5.74) is 1.45. The molecule has 0 unspecified atom stereocenters. The molecule has 0 fully saturated rings. The van der Waals surface area contributed by atoms with E-state index in [9.17, 15) is 0 Å². The van der Waals surface area contributed by atoms with Gasteiger partial charge in [0.1, 0.15) is 0 Å². The van der Waals surface area contributed by atoms with E-state index in [1.54, 1.807) is 0 Å². The van der Waals surface area contributed by atoms with Crippen LogP contribution >= 0.6 is 0 Å². The first-order valence-corrected chi connectivity index (χ1v) is 10.5. The monoisotopic (exact) mass is 294 g/mol. The molecule has 2 heteroatoms. The first-order chi connectivity index (χ1) is 10.1. The highest BCUT2D eigenvalue weighted by Gasteiger charge is 2.29. The summed E-state index contributed by atoms with van der Waals surface area (Å²) in [6.07, 6.45) is 1.05. The molecule has 0 N–H and O–H groups in total. The summed E-state index contributed by atoms with van der Waals surface area (Å²) in [6.45, 7) is 6.81. The normalized spacial score (nSPS) is 12.2. The third kappa shape index (κ3) is 2.19. The molecule has 0 aliphatic rings. The summed E-state index contributed by atoms with van der Waals surface area (Å²) >= 11 is 0. The minimum atomic E-state index is -1.92. The molecule has 3 aromatic rings. The SMILES string of the molecule is CCc1c2ccccc2c([Si](C)(C)OC)c2ccccc12. The number of rotatable bonds is 3. The van der Waals surface area contributed by atoms with Crippen LogP contribution in [-0.2, 0) is 10.8 Å². The van der Waals surface area contributed by atoms with Crippen LogP contribution in [-0.4, -0.2) is 15.4 Å². The van der Waals surface area contributed by atoms with Gasteiger partial charge in [0.05, 0.1) is 0 Å². The van der Waals surface area contributed by atoms with Crippen LogP contribution in [0.15, 0.2) is 48.5 Å². The molecule has 0 aromatic heterocycles. The summed E-state index contributed by atoms with van der Waals surface area (Å²) in [6, 6.07) is 17.6. The van der Waals surface area contributed by atoms with Crippen LogP contribution in [0.1, 0.15) is 12.5 Å². The minimum absolute atomic E-state index is 1.05. The molecule has 0 saturated heterocycles. The van der Waals surface area contributed by atoms with Gasteiger partial charge >= 0.3 is 0 Å². The maximum atomic E-state index is 5.95. The molecule has 3 aromatic carbocycles. The van der Waals surface area contributed by atoms with Crippen molar-refractivity contribution in [3.05, 3.63) is 54.1 Å². The van der Waals surface area contributed by atoms with Gasteiger partial charge in [-0.05, 0) is 51.8 Å². The van der Waals surface area contributed by atoms with Crippen LogP contribution < -0.4 is 5.19 Å². The Hall–Kier alpha value is -1.64. The summed E-state index contributed by atoms with van der Waals surface area (Å²) in [5.74, 6) is 0. The van der Waals surface area contributed by atoms with E-state index in [2.05, 4.69) is 68.5 Å². The third-order valence-electron chi connectivity index (χ3n) is 4.51. The van der Waals surface area contributed by atoms with Crippen molar-refractivity contribution < 1.29 is 4.43 Å². The minimum Gasteiger partial charge on any atom is -0.416 e. The maximum absolute atomic E-state index is 5.95. The van der Waals surface area contributed by atoms with Crippen molar-refractivity contribution in [2.45, 2.75) is 26.4 Å². The zero-order valence-corrected chi connectivity index (χ0v) is 14.2. The van der Waals surface area contributed by atoms with Gasteiger partial charge in [0.2, 0.25) is 8.32 Å². The highest BCUT2D eigenvalue weighted by atomic mass is 28.4. The summed E-state index contributed by atoms with van der Waals surface area (Å²) in [4.78, 5) is 0. The highest BCUT2D eigenvalue weighted by Crippen LogP contribution is 2.29. The van der Waals surface area contributed by atoms with Crippen LogP contribution in [0.3, 0.4) is 0 Å². The fourth-order valence-electron chi connectivity index (χ4n) is 3.35. The van der Waals surface area contributed by atoms with Crippen molar-refractivity contribution in [3.8, 4) is 0 Å². The fourth-order valence-corrected chi connectivity index (χ4v) is 5.29. The van der Waals surface area contributed by atoms with Crippen LogP contribution in [0, 0.1) is 0 Å². The van der Waals surface area contributed by atoms with Crippen LogP contribution in [0.25, 0.3) is 21.5 Å². The van der Waals surface area contributed by atoms with Gasteiger partial charge in [0.25, 0.3) is 0 Å². The van der Waals surface area contributed by atoms with E-state index in [-0.39, 0.29) is 0 Å². The lowest BCUT2D eigenvalue weighted by atomic mass is 9.95. The molecule has 0 radical (unpaired) electrons. The highest BCUT2D eigenvalue weighted by molar-refractivity contribution is 6.88. The molecule has 0 amide bonds. The lowest BCUT2D eigenvalue weighted by molar-refractivity contribution is 0.417. The second-order valence-corrected chi connectivity index (χ2v) is 9.94. The van der Waals surface area contributed by atoms with Crippen molar-refractivity contribution in [2.75, 3.05) is 7.11 Å². The van der Waals surface area contributed by atoms with Gasteiger partial charge in [0.15, 0.2) is 0 Å². The number of hydrogen-bond donors (Lipinski definition) is 0. The van der Waals surface area contributed by atoms with E-state index >= 15 is 0 Å². The first kappa shape index (κ1) is 14.3. The van der Waals surface area contributed by atoms with E-state index in [0.717, 1.165) is 6.42 Å². The molecular weight excluding hydrogens is 272 g/mol. The van der Waals surface area contributed by atoms with E-state index < -0.39 is 8.32 Å². The van der Waals surface area contributed by atoms with Gasteiger partial charge in [-0.1, -0.05) is 55.5 Å². The molecule has 0 aliphatic heterocycles. The Morgan fingerprint density at radius 2 is 1.24 bits per heavy atom. The predicted molar refractivity (Wildman–Crippen MR) is 95.0 cm³/mol. The largest absolute Gasteiger partial charge is 0.416 e. The first-order valence-electron chi connectivity index (χ1n) is 7.58. The zero-order valence-electron chi connectivity index (χ0n) is 13.2. The Labute approximate surface area is 127 Å². The topological polar surface area (TPSA) is 9.23 Å². The van der Waals surface area contributed by atoms with Gasteiger partial charge in [-0.3, -0.25) is 0 Å². The summed E-state index contributed by atoms with van der Waals surface area (Å²) in [7, 11) is -0.0672. The molecule has 3 rings (SSSR count). The van der Waals surface area contributed by atoms with Gasteiger partial charge in [0, 0.05) is 7.11 Å². The van der Waals surface area contributed by atoms with Crippen molar-refractivity contribution in [1.29, 1.82) is 0 Å². The Balaban J connectivity index is 2.60. The summed E-state index contributed by atoms with van der Waals surface area (Å²) < 4.78 is 5.95. The number of benzene rings is 3. The van der Waals surface area contributed by atoms with E-state index in [0.29, 0.717) is 0 Å². The maximum Gasteiger partial charge on any atom is 0.218 e. The van der Waals surface area contributed by atoms with Crippen molar-refractivity contribution in [1.82, 2.24) is 0 Å². The Bertz CT molecular complexity index is 748. The molecule has 0 atom stereocenters. The van der Waals surface area contributed by atoms with Crippen molar-refractivity contribution in [2.24, 2.45) is 0 Å². The van der Waals surface area contributed by atoms with Crippen LogP contribution in [0.2, 0.25) is 13.1 Å². The molecular formula is C19H22OSi. The number of fused-ring (bicyclic) bond motifs is 2. The summed E-state index contributed by atoms with van der Waals surface area (Å²) in [5, 5.41) is 6.92. The van der Waals surface area contributed by atoms with Crippen molar-refractivity contribution >= 4 is 35.0 Å². The van der Waals surface area contributed by atoms with Gasteiger partial charge in [-0.25, -0.2) is 0 Å². The fraction of sp³-hybridized carbons (Fsp3) is 0.263. The Morgan fingerprint density at radius 3 is 1.62 bits per heavy atom. The van der Waals surface area contributed by atoms with Gasteiger partial charge in [-0.2, -0.15) is 0 Å². The van der Waals surface area contributed by atoms with E-state index in [4.69, 9.17) is 4.43 Å². The van der Waals surface area contributed by atoms with E-state index in [1.165, 1.54) is 32.3 Å². The predicted octanol–water partition coefficient (Wildman–Crippen LogP) is 4.61. The molecule has 21 heavy (non-hydrogen) atoms. The number of aryl methyl sites for hydroxylation is 1. The standard InChI is InChI=1S/C19H22OSi/c1-5-14-15-10-6-8-12-17(15)19(21(3,4)20-2)18-13-9-7-11-16(14)18/h6-13H,5H2,1-4H3. The number of hydrogen-bond acceptors (Lipinski definition) is 1. The lowest BCUT2D eigenvalue weighted by Crippen LogP contribution is -2.44. The van der Waals surface area contributed by atoms with E-state index in [1.807, 2.05) is 7.11 Å². The molecule has 0 heterocycles. The second kappa shape index (κ2) is 5.28. The zero-order chi connectivity index (χ0) is 15.0. The van der Waals surface area contributed by atoms with Crippen LogP contribution in [0.4, 0.5) is 0 Å². The van der Waals surface area contributed by atoms with Gasteiger partial charge < -0.3 is 4.43 Å². The average Bonchev–Trinajstić information content (AvgIpc) is 2.52. The smallest absolute Gasteiger partial charge is 0.218 e. The average molecular weight is 294 g/mol. The molecule has 1 nitrogen and oxygen atoms in total.